The third-order valence-electron chi connectivity index (χ3n) is 2.82. The molecule has 6 heteroatoms. The Labute approximate surface area is 125 Å². The average molecular weight is 296 g/mol. The summed E-state index contributed by atoms with van der Waals surface area (Å²) in [6.45, 7) is 2.95. The minimum absolute atomic E-state index is 0.0437. The Kier molecular flexibility index (Phi) is 7.56. The molecule has 0 aliphatic rings. The van der Waals surface area contributed by atoms with Gasteiger partial charge in [0.2, 0.25) is 0 Å². The molecule has 21 heavy (non-hydrogen) atoms. The van der Waals surface area contributed by atoms with Crippen LogP contribution in [0.1, 0.15) is 12.5 Å². The minimum Gasteiger partial charge on any atom is -0.497 e. The SMILES string of the molecule is CNCc1ccc(OC)cc1OCC(=O)NC(C)COC. The van der Waals surface area contributed by atoms with E-state index < -0.39 is 0 Å². The van der Waals surface area contributed by atoms with Crippen molar-refractivity contribution in [3.63, 3.8) is 0 Å². The average Bonchev–Trinajstić information content (AvgIpc) is 2.46. The van der Waals surface area contributed by atoms with E-state index in [2.05, 4.69) is 10.6 Å². The zero-order chi connectivity index (χ0) is 15.7. The van der Waals surface area contributed by atoms with Gasteiger partial charge in [-0.25, -0.2) is 0 Å². The molecule has 0 radical (unpaired) electrons. The molecule has 0 aliphatic heterocycles. The number of hydrogen-bond acceptors (Lipinski definition) is 5. The first kappa shape index (κ1) is 17.3. The van der Waals surface area contributed by atoms with Crippen molar-refractivity contribution >= 4 is 5.91 Å². The van der Waals surface area contributed by atoms with E-state index in [0.717, 1.165) is 5.56 Å². The summed E-state index contributed by atoms with van der Waals surface area (Å²) in [5, 5.41) is 5.86. The summed E-state index contributed by atoms with van der Waals surface area (Å²) < 4.78 is 15.7. The van der Waals surface area contributed by atoms with Crippen LogP contribution in [-0.4, -0.2) is 46.4 Å². The summed E-state index contributed by atoms with van der Waals surface area (Å²) in [5.41, 5.74) is 0.969. The van der Waals surface area contributed by atoms with E-state index in [1.165, 1.54) is 0 Å². The molecule has 1 rings (SSSR count). The molecule has 0 spiro atoms. The van der Waals surface area contributed by atoms with E-state index in [0.29, 0.717) is 24.7 Å². The second kappa shape index (κ2) is 9.20. The summed E-state index contributed by atoms with van der Waals surface area (Å²) >= 11 is 0. The normalized spacial score (nSPS) is 11.8. The zero-order valence-corrected chi connectivity index (χ0v) is 13.1. The van der Waals surface area contributed by atoms with Gasteiger partial charge >= 0.3 is 0 Å². The van der Waals surface area contributed by atoms with Crippen molar-refractivity contribution in [2.75, 3.05) is 34.5 Å². The number of hydrogen-bond donors (Lipinski definition) is 2. The summed E-state index contributed by atoms with van der Waals surface area (Å²) in [5.74, 6) is 1.15. The first-order valence-corrected chi connectivity index (χ1v) is 6.83. The van der Waals surface area contributed by atoms with E-state index in [1.54, 1.807) is 20.3 Å². The molecule has 0 heterocycles. The topological polar surface area (TPSA) is 68.8 Å². The fraction of sp³-hybridized carbons (Fsp3) is 0.533. The van der Waals surface area contributed by atoms with Crippen molar-refractivity contribution in [2.45, 2.75) is 19.5 Å². The number of amides is 1. The number of carbonyl (C=O) groups is 1. The van der Waals surface area contributed by atoms with Crippen LogP contribution in [0.5, 0.6) is 11.5 Å². The van der Waals surface area contributed by atoms with Gasteiger partial charge in [0.1, 0.15) is 11.5 Å². The lowest BCUT2D eigenvalue weighted by atomic mass is 10.2. The second-order valence-corrected chi connectivity index (χ2v) is 4.72. The summed E-state index contributed by atoms with van der Waals surface area (Å²) in [6.07, 6.45) is 0. The van der Waals surface area contributed by atoms with E-state index >= 15 is 0 Å². The Morgan fingerprint density at radius 1 is 1.33 bits per heavy atom. The van der Waals surface area contributed by atoms with Crippen LogP contribution in [0.25, 0.3) is 0 Å². The van der Waals surface area contributed by atoms with E-state index in [-0.39, 0.29) is 18.6 Å². The lowest BCUT2D eigenvalue weighted by Crippen LogP contribution is -2.38. The van der Waals surface area contributed by atoms with Crippen LogP contribution in [0.2, 0.25) is 0 Å². The molecule has 0 fully saturated rings. The Morgan fingerprint density at radius 3 is 2.71 bits per heavy atom. The highest BCUT2D eigenvalue weighted by Gasteiger charge is 2.10. The highest BCUT2D eigenvalue weighted by atomic mass is 16.5. The number of carbonyl (C=O) groups excluding carboxylic acids is 1. The molecular weight excluding hydrogens is 272 g/mol. The van der Waals surface area contributed by atoms with Crippen LogP contribution in [0.4, 0.5) is 0 Å². The van der Waals surface area contributed by atoms with Crippen molar-refractivity contribution in [2.24, 2.45) is 0 Å². The van der Waals surface area contributed by atoms with Crippen molar-refractivity contribution in [1.29, 1.82) is 0 Å². The molecule has 118 valence electrons. The van der Waals surface area contributed by atoms with Gasteiger partial charge in [0.25, 0.3) is 5.91 Å². The molecule has 1 unspecified atom stereocenters. The predicted octanol–water partition coefficient (Wildman–Crippen LogP) is 0.944. The predicted molar refractivity (Wildman–Crippen MR) is 80.7 cm³/mol. The van der Waals surface area contributed by atoms with Crippen LogP contribution in [0.3, 0.4) is 0 Å². The van der Waals surface area contributed by atoms with Crippen molar-refractivity contribution in [1.82, 2.24) is 10.6 Å². The second-order valence-electron chi connectivity index (χ2n) is 4.72. The molecule has 0 saturated carbocycles. The number of methoxy groups -OCH3 is 2. The van der Waals surface area contributed by atoms with Gasteiger partial charge in [0.15, 0.2) is 6.61 Å². The largest absolute Gasteiger partial charge is 0.497 e. The summed E-state index contributed by atoms with van der Waals surface area (Å²) in [4.78, 5) is 11.8. The standard InChI is InChI=1S/C15H24N2O4/c1-11(9-19-3)17-15(18)10-21-14-7-13(20-4)6-5-12(14)8-16-2/h5-7,11,16H,8-10H2,1-4H3,(H,17,18). The fourth-order valence-electron chi connectivity index (χ4n) is 1.88. The maximum Gasteiger partial charge on any atom is 0.258 e. The summed E-state index contributed by atoms with van der Waals surface area (Å²) in [6, 6.07) is 5.50. The van der Waals surface area contributed by atoms with Gasteiger partial charge in [-0.15, -0.1) is 0 Å². The lowest BCUT2D eigenvalue weighted by Gasteiger charge is -2.15. The molecule has 6 nitrogen and oxygen atoms in total. The molecule has 1 aromatic carbocycles. The highest BCUT2D eigenvalue weighted by Crippen LogP contribution is 2.24. The number of benzene rings is 1. The van der Waals surface area contributed by atoms with Gasteiger partial charge in [0.05, 0.1) is 13.7 Å². The first-order valence-electron chi connectivity index (χ1n) is 6.83. The van der Waals surface area contributed by atoms with Crippen LogP contribution in [0, 0.1) is 0 Å². The lowest BCUT2D eigenvalue weighted by molar-refractivity contribution is -0.124. The maximum atomic E-state index is 11.8. The summed E-state index contributed by atoms with van der Waals surface area (Å²) in [7, 11) is 5.04. The maximum absolute atomic E-state index is 11.8. The van der Waals surface area contributed by atoms with Crippen molar-refractivity contribution in [3.8, 4) is 11.5 Å². The molecule has 1 atom stereocenters. The van der Waals surface area contributed by atoms with Crippen LogP contribution in [0.15, 0.2) is 18.2 Å². The molecule has 0 saturated heterocycles. The number of nitrogens with one attached hydrogen (secondary N) is 2. The molecule has 1 aromatic rings. The fourth-order valence-corrected chi connectivity index (χ4v) is 1.88. The quantitative estimate of drug-likeness (QED) is 0.710. The Balaban J connectivity index is 2.62. The third kappa shape index (κ3) is 6.01. The van der Waals surface area contributed by atoms with Gasteiger partial charge in [0, 0.05) is 31.3 Å². The molecule has 0 bridgehead atoms. The zero-order valence-electron chi connectivity index (χ0n) is 13.1. The van der Waals surface area contributed by atoms with Crippen LogP contribution < -0.4 is 20.1 Å². The van der Waals surface area contributed by atoms with Gasteiger partial charge in [-0.2, -0.15) is 0 Å². The van der Waals surface area contributed by atoms with Crippen LogP contribution in [-0.2, 0) is 16.1 Å². The van der Waals surface area contributed by atoms with Crippen molar-refractivity contribution in [3.05, 3.63) is 23.8 Å². The first-order chi connectivity index (χ1) is 10.1. The van der Waals surface area contributed by atoms with E-state index in [9.17, 15) is 4.79 Å². The smallest absolute Gasteiger partial charge is 0.258 e. The van der Waals surface area contributed by atoms with E-state index in [1.807, 2.05) is 26.1 Å². The molecule has 1 amide bonds. The Morgan fingerprint density at radius 2 is 2.10 bits per heavy atom. The van der Waals surface area contributed by atoms with Gasteiger partial charge < -0.3 is 24.8 Å². The molecule has 0 aromatic heterocycles. The Bertz CT molecular complexity index is 451. The minimum atomic E-state index is -0.183. The number of ether oxygens (including phenoxy) is 3. The van der Waals surface area contributed by atoms with Crippen LogP contribution >= 0.6 is 0 Å². The van der Waals surface area contributed by atoms with Crippen molar-refractivity contribution < 1.29 is 19.0 Å². The molecular formula is C15H24N2O4. The van der Waals surface area contributed by atoms with Gasteiger partial charge in [-0.1, -0.05) is 6.07 Å². The molecule has 0 aliphatic carbocycles. The molecule has 2 N–H and O–H groups in total. The Hall–Kier alpha value is -1.79. The van der Waals surface area contributed by atoms with Gasteiger partial charge in [-0.3, -0.25) is 4.79 Å². The number of rotatable bonds is 9. The van der Waals surface area contributed by atoms with E-state index in [4.69, 9.17) is 14.2 Å². The monoisotopic (exact) mass is 296 g/mol. The van der Waals surface area contributed by atoms with Gasteiger partial charge in [-0.05, 0) is 20.0 Å². The third-order valence-corrected chi connectivity index (χ3v) is 2.82. The highest BCUT2D eigenvalue weighted by molar-refractivity contribution is 5.77.